The molecule has 0 saturated heterocycles. The molecule has 0 heterocycles. The first kappa shape index (κ1) is 16.7. The number of likely N-dealkylation sites (N-methyl/N-ethyl adjacent to an activating group) is 1. The number of nitrogens with two attached hydrogens (primary N) is 1. The van der Waals surface area contributed by atoms with Gasteiger partial charge < -0.3 is 26.4 Å². The molecule has 20 heavy (non-hydrogen) atoms. The number of thiocarbonyl (C=S) groups is 1. The number of hydrogen-bond acceptors (Lipinski definition) is 4. The van der Waals surface area contributed by atoms with Crippen molar-refractivity contribution in [2.75, 3.05) is 27.2 Å². The number of aromatic hydroxyl groups is 1. The number of benzene rings is 1. The lowest BCUT2D eigenvalue weighted by Crippen LogP contribution is -2.38. The molecule has 5 nitrogen and oxygen atoms in total. The van der Waals surface area contributed by atoms with Gasteiger partial charge in [-0.05, 0) is 50.4 Å². The number of phenols is 1. The van der Waals surface area contributed by atoms with Gasteiger partial charge in [0.05, 0.1) is 0 Å². The van der Waals surface area contributed by atoms with Crippen molar-refractivity contribution >= 4 is 17.3 Å². The first-order valence-corrected chi connectivity index (χ1v) is 7.02. The van der Waals surface area contributed by atoms with Crippen LogP contribution in [0.25, 0.3) is 0 Å². The van der Waals surface area contributed by atoms with Crippen LogP contribution in [-0.2, 0) is 13.1 Å². The first-order chi connectivity index (χ1) is 9.43. The van der Waals surface area contributed by atoms with Gasteiger partial charge >= 0.3 is 0 Å². The Morgan fingerprint density at radius 2 is 2.05 bits per heavy atom. The summed E-state index contributed by atoms with van der Waals surface area (Å²) in [6, 6.07) is 3.80. The molecule has 0 aliphatic rings. The van der Waals surface area contributed by atoms with E-state index >= 15 is 0 Å². The standard InChI is InChI=1S/C14H24N4OS/c1-10-6-11(8-15)7-12(13(10)19)9-17-14(20)16-4-5-18(2)3/h6-7,19H,4-5,8-9,15H2,1-3H3,(H2,16,17,20). The highest BCUT2D eigenvalue weighted by Crippen LogP contribution is 2.23. The highest BCUT2D eigenvalue weighted by Gasteiger charge is 2.07. The molecule has 5 N–H and O–H groups in total. The van der Waals surface area contributed by atoms with Gasteiger partial charge in [0.15, 0.2) is 5.11 Å². The van der Waals surface area contributed by atoms with E-state index in [0.29, 0.717) is 24.0 Å². The van der Waals surface area contributed by atoms with Gasteiger partial charge in [-0.25, -0.2) is 0 Å². The van der Waals surface area contributed by atoms with Crippen molar-refractivity contribution in [3.05, 3.63) is 28.8 Å². The third-order valence-electron chi connectivity index (χ3n) is 2.96. The zero-order valence-corrected chi connectivity index (χ0v) is 13.2. The van der Waals surface area contributed by atoms with E-state index in [4.69, 9.17) is 18.0 Å². The minimum Gasteiger partial charge on any atom is -0.507 e. The molecule has 6 heteroatoms. The van der Waals surface area contributed by atoms with Crippen LogP contribution in [0.15, 0.2) is 12.1 Å². The van der Waals surface area contributed by atoms with Crippen molar-refractivity contribution in [3.8, 4) is 5.75 Å². The molecular formula is C14H24N4OS. The van der Waals surface area contributed by atoms with E-state index < -0.39 is 0 Å². The van der Waals surface area contributed by atoms with Crippen molar-refractivity contribution in [2.45, 2.75) is 20.0 Å². The molecule has 0 unspecified atom stereocenters. The minimum atomic E-state index is 0.297. The SMILES string of the molecule is Cc1cc(CN)cc(CNC(=S)NCCN(C)C)c1O. The van der Waals surface area contributed by atoms with E-state index in [9.17, 15) is 5.11 Å². The summed E-state index contributed by atoms with van der Waals surface area (Å²) in [5.74, 6) is 0.297. The summed E-state index contributed by atoms with van der Waals surface area (Å²) in [6.45, 7) is 4.50. The molecule has 0 spiro atoms. The Morgan fingerprint density at radius 3 is 2.65 bits per heavy atom. The van der Waals surface area contributed by atoms with E-state index in [-0.39, 0.29) is 0 Å². The summed E-state index contributed by atoms with van der Waals surface area (Å²) < 4.78 is 0. The van der Waals surface area contributed by atoms with Crippen LogP contribution in [0.3, 0.4) is 0 Å². The smallest absolute Gasteiger partial charge is 0.166 e. The number of nitrogens with zero attached hydrogens (tertiary/aromatic N) is 1. The minimum absolute atomic E-state index is 0.297. The van der Waals surface area contributed by atoms with Gasteiger partial charge in [-0.1, -0.05) is 6.07 Å². The van der Waals surface area contributed by atoms with Gasteiger partial charge in [0.1, 0.15) is 5.75 Å². The summed E-state index contributed by atoms with van der Waals surface area (Å²) in [7, 11) is 4.02. The second kappa shape index (κ2) is 8.04. The summed E-state index contributed by atoms with van der Waals surface area (Å²) >= 11 is 5.20. The van der Waals surface area contributed by atoms with Crippen molar-refractivity contribution in [3.63, 3.8) is 0 Å². The van der Waals surface area contributed by atoms with Gasteiger partial charge in [0, 0.05) is 31.7 Å². The zero-order valence-electron chi connectivity index (χ0n) is 12.4. The number of hydrogen-bond donors (Lipinski definition) is 4. The summed E-state index contributed by atoms with van der Waals surface area (Å²) in [6.07, 6.45) is 0. The fourth-order valence-electron chi connectivity index (χ4n) is 1.82. The fraction of sp³-hybridized carbons (Fsp3) is 0.500. The van der Waals surface area contributed by atoms with Gasteiger partial charge in [0.25, 0.3) is 0 Å². The van der Waals surface area contributed by atoms with Crippen LogP contribution in [0.1, 0.15) is 16.7 Å². The Kier molecular flexibility index (Phi) is 6.70. The summed E-state index contributed by atoms with van der Waals surface area (Å²) in [5.41, 5.74) is 8.28. The van der Waals surface area contributed by atoms with Crippen LogP contribution in [0, 0.1) is 6.92 Å². The molecule has 1 aromatic carbocycles. The molecule has 1 rings (SSSR count). The highest BCUT2D eigenvalue weighted by molar-refractivity contribution is 7.80. The Morgan fingerprint density at radius 1 is 1.35 bits per heavy atom. The monoisotopic (exact) mass is 296 g/mol. The van der Waals surface area contributed by atoms with Crippen LogP contribution in [0.5, 0.6) is 5.75 Å². The third-order valence-corrected chi connectivity index (χ3v) is 3.25. The molecule has 0 amide bonds. The van der Waals surface area contributed by atoms with Gasteiger partial charge in [-0.3, -0.25) is 0 Å². The van der Waals surface area contributed by atoms with E-state index in [2.05, 4.69) is 15.5 Å². The molecule has 0 radical (unpaired) electrons. The van der Waals surface area contributed by atoms with E-state index in [1.807, 2.05) is 33.2 Å². The lowest BCUT2D eigenvalue weighted by atomic mass is 10.0. The van der Waals surface area contributed by atoms with Gasteiger partial charge in [-0.2, -0.15) is 0 Å². The maximum Gasteiger partial charge on any atom is 0.166 e. The molecular weight excluding hydrogens is 272 g/mol. The average Bonchev–Trinajstić information content (AvgIpc) is 2.39. The average molecular weight is 296 g/mol. The Bertz CT molecular complexity index is 463. The second-order valence-electron chi connectivity index (χ2n) is 5.04. The van der Waals surface area contributed by atoms with Crippen LogP contribution in [0.2, 0.25) is 0 Å². The van der Waals surface area contributed by atoms with E-state index in [1.165, 1.54) is 0 Å². The predicted octanol–water partition coefficient (Wildman–Crippen LogP) is 0.685. The fourth-order valence-corrected chi connectivity index (χ4v) is 1.99. The number of rotatable bonds is 6. The topological polar surface area (TPSA) is 73.5 Å². The zero-order chi connectivity index (χ0) is 15.1. The Labute approximate surface area is 126 Å². The first-order valence-electron chi connectivity index (χ1n) is 6.62. The molecule has 0 aliphatic carbocycles. The maximum atomic E-state index is 10.0. The molecule has 1 aromatic rings. The molecule has 112 valence electrons. The van der Waals surface area contributed by atoms with E-state index in [0.717, 1.165) is 29.8 Å². The predicted molar refractivity (Wildman–Crippen MR) is 86.7 cm³/mol. The number of nitrogens with one attached hydrogen (secondary N) is 2. The molecule has 0 saturated carbocycles. The van der Waals surface area contributed by atoms with Crippen LogP contribution in [-0.4, -0.2) is 42.3 Å². The maximum absolute atomic E-state index is 10.0. The van der Waals surface area contributed by atoms with Crippen LogP contribution < -0.4 is 16.4 Å². The Balaban J connectivity index is 2.52. The van der Waals surface area contributed by atoms with Crippen molar-refractivity contribution in [1.82, 2.24) is 15.5 Å². The van der Waals surface area contributed by atoms with Gasteiger partial charge in [-0.15, -0.1) is 0 Å². The Hall–Kier alpha value is -1.37. The quantitative estimate of drug-likeness (QED) is 0.579. The normalized spacial score (nSPS) is 10.7. The largest absolute Gasteiger partial charge is 0.507 e. The van der Waals surface area contributed by atoms with Crippen molar-refractivity contribution in [2.24, 2.45) is 5.73 Å². The van der Waals surface area contributed by atoms with Crippen LogP contribution in [0.4, 0.5) is 0 Å². The lowest BCUT2D eigenvalue weighted by Gasteiger charge is -2.15. The number of phenolic OH excluding ortho intramolecular Hbond substituents is 1. The van der Waals surface area contributed by atoms with E-state index in [1.54, 1.807) is 0 Å². The third kappa shape index (κ3) is 5.32. The molecule has 0 atom stereocenters. The molecule has 0 fully saturated rings. The lowest BCUT2D eigenvalue weighted by molar-refractivity contribution is 0.412. The molecule has 0 aliphatic heterocycles. The van der Waals surface area contributed by atoms with Crippen molar-refractivity contribution < 1.29 is 5.11 Å². The van der Waals surface area contributed by atoms with Crippen molar-refractivity contribution in [1.29, 1.82) is 0 Å². The summed E-state index contributed by atoms with van der Waals surface area (Å²) in [4.78, 5) is 2.08. The highest BCUT2D eigenvalue weighted by atomic mass is 32.1. The number of aryl methyl sites for hydroxylation is 1. The summed E-state index contributed by atoms with van der Waals surface area (Å²) in [5, 5.41) is 16.8. The molecule has 0 aromatic heterocycles. The second-order valence-corrected chi connectivity index (χ2v) is 5.45. The van der Waals surface area contributed by atoms with Crippen LogP contribution >= 0.6 is 12.2 Å². The molecule has 0 bridgehead atoms. The van der Waals surface area contributed by atoms with Gasteiger partial charge in [0.2, 0.25) is 0 Å².